The van der Waals surface area contributed by atoms with Crippen molar-refractivity contribution in [3.05, 3.63) is 77.9 Å². The van der Waals surface area contributed by atoms with E-state index in [0.29, 0.717) is 23.8 Å². The lowest BCUT2D eigenvalue weighted by Crippen LogP contribution is -2.28. The maximum absolute atomic E-state index is 11.9. The molecule has 0 aliphatic carbocycles. The fraction of sp³-hybridized carbons (Fsp3) is 0.190. The number of hydrogen-bond acceptors (Lipinski definition) is 4. The lowest BCUT2D eigenvalue weighted by atomic mass is 10.1. The quantitative estimate of drug-likeness (QED) is 0.489. The van der Waals surface area contributed by atoms with Crippen LogP contribution in [0.4, 0.5) is 5.69 Å². The third-order valence-electron chi connectivity index (χ3n) is 4.15. The second-order valence-corrected chi connectivity index (χ2v) is 6.49. The Morgan fingerprint density at radius 2 is 2.04 bits per heavy atom. The first-order valence-electron chi connectivity index (χ1n) is 8.98. The van der Waals surface area contributed by atoms with Crippen molar-refractivity contribution < 1.29 is 9.53 Å². The topological polar surface area (TPSA) is 68.2 Å². The highest BCUT2D eigenvalue weighted by Crippen LogP contribution is 2.16. The molecule has 0 bridgehead atoms. The summed E-state index contributed by atoms with van der Waals surface area (Å²) >= 11 is 5.41. The first-order valence-corrected chi connectivity index (χ1v) is 9.39. The van der Waals surface area contributed by atoms with Crippen LogP contribution in [0.5, 0.6) is 0 Å². The van der Waals surface area contributed by atoms with E-state index in [1.807, 2.05) is 48.0 Å². The molecule has 28 heavy (non-hydrogen) atoms. The van der Waals surface area contributed by atoms with Gasteiger partial charge in [-0.2, -0.15) is 0 Å². The summed E-state index contributed by atoms with van der Waals surface area (Å²) in [7, 11) is 0. The van der Waals surface area contributed by atoms with Crippen molar-refractivity contribution in [3.63, 3.8) is 0 Å². The van der Waals surface area contributed by atoms with E-state index in [2.05, 4.69) is 15.6 Å². The van der Waals surface area contributed by atoms with E-state index in [1.165, 1.54) is 0 Å². The molecule has 7 heteroatoms. The highest BCUT2D eigenvalue weighted by molar-refractivity contribution is 7.80. The minimum atomic E-state index is -0.352. The summed E-state index contributed by atoms with van der Waals surface area (Å²) < 4.78 is 7.07. The van der Waals surface area contributed by atoms with Crippen LogP contribution < -0.4 is 10.6 Å². The summed E-state index contributed by atoms with van der Waals surface area (Å²) in [4.78, 5) is 16.2. The molecule has 0 radical (unpaired) electrons. The molecule has 0 atom stereocenters. The molecule has 0 fully saturated rings. The first kappa shape index (κ1) is 19.6. The van der Waals surface area contributed by atoms with Crippen LogP contribution in [-0.2, 0) is 11.3 Å². The molecule has 0 unspecified atom stereocenters. The minimum Gasteiger partial charge on any atom is -0.462 e. The van der Waals surface area contributed by atoms with Crippen LogP contribution in [0.25, 0.3) is 5.69 Å². The Kier molecular flexibility index (Phi) is 6.39. The third-order valence-corrected chi connectivity index (χ3v) is 4.39. The average molecular weight is 395 g/mol. The molecule has 0 aliphatic rings. The van der Waals surface area contributed by atoms with Gasteiger partial charge in [0.2, 0.25) is 0 Å². The molecule has 6 nitrogen and oxygen atoms in total. The van der Waals surface area contributed by atoms with Crippen LogP contribution in [0.15, 0.2) is 60.9 Å². The number of anilines is 1. The van der Waals surface area contributed by atoms with E-state index in [0.717, 1.165) is 22.8 Å². The van der Waals surface area contributed by atoms with E-state index in [-0.39, 0.29) is 5.97 Å². The Hall–Kier alpha value is -3.19. The van der Waals surface area contributed by atoms with Crippen molar-refractivity contribution in [2.24, 2.45) is 0 Å². The molecule has 0 aliphatic heterocycles. The molecule has 0 spiro atoms. The number of thiocarbonyl (C=S) groups is 1. The van der Waals surface area contributed by atoms with Gasteiger partial charge >= 0.3 is 5.97 Å². The van der Waals surface area contributed by atoms with Gasteiger partial charge in [0.15, 0.2) is 5.11 Å². The number of nitrogens with one attached hydrogen (secondary N) is 2. The molecular weight excluding hydrogens is 372 g/mol. The Morgan fingerprint density at radius 1 is 1.21 bits per heavy atom. The number of ether oxygens (including phenoxy) is 1. The van der Waals surface area contributed by atoms with Crippen LogP contribution in [0.2, 0.25) is 0 Å². The van der Waals surface area contributed by atoms with Crippen LogP contribution in [0.1, 0.15) is 28.7 Å². The molecule has 144 valence electrons. The molecule has 2 aromatic carbocycles. The van der Waals surface area contributed by atoms with Crippen LogP contribution in [0, 0.1) is 6.92 Å². The van der Waals surface area contributed by atoms with Crippen molar-refractivity contribution in [1.82, 2.24) is 14.9 Å². The van der Waals surface area contributed by atoms with Gasteiger partial charge in [-0.05, 0) is 55.9 Å². The van der Waals surface area contributed by atoms with Crippen molar-refractivity contribution in [3.8, 4) is 5.69 Å². The van der Waals surface area contributed by atoms with Crippen molar-refractivity contribution in [1.29, 1.82) is 0 Å². The van der Waals surface area contributed by atoms with Crippen LogP contribution in [-0.4, -0.2) is 27.2 Å². The summed E-state index contributed by atoms with van der Waals surface area (Å²) in [6, 6.07) is 15.1. The Morgan fingerprint density at radius 3 is 2.79 bits per heavy atom. The number of hydrogen-bond donors (Lipinski definition) is 2. The van der Waals surface area contributed by atoms with E-state index in [9.17, 15) is 4.79 Å². The summed E-state index contributed by atoms with van der Waals surface area (Å²) in [6.45, 7) is 4.64. The second-order valence-electron chi connectivity index (χ2n) is 6.08. The van der Waals surface area contributed by atoms with Gasteiger partial charge in [-0.15, -0.1) is 0 Å². The fourth-order valence-electron chi connectivity index (χ4n) is 2.82. The Balaban J connectivity index is 1.65. The smallest absolute Gasteiger partial charge is 0.338 e. The van der Waals surface area contributed by atoms with Gasteiger partial charge in [0, 0.05) is 24.6 Å². The predicted molar refractivity (Wildman–Crippen MR) is 114 cm³/mol. The zero-order chi connectivity index (χ0) is 19.9. The van der Waals surface area contributed by atoms with Gasteiger partial charge < -0.3 is 19.9 Å². The molecule has 3 rings (SSSR count). The molecule has 0 amide bonds. The molecular formula is C21H22N4O2S. The standard InChI is InChI=1S/C21H22N4O2S/c1-3-27-20(26)16-8-6-9-18(13-16)24-21(28)23-14-17-7-4-5-10-19(17)25-12-11-22-15(25)2/h4-13H,3,14H2,1-2H3,(H2,23,24,28). The van der Waals surface area contributed by atoms with Gasteiger partial charge in [0.25, 0.3) is 0 Å². The highest BCUT2D eigenvalue weighted by Gasteiger charge is 2.09. The highest BCUT2D eigenvalue weighted by atomic mass is 32.1. The number of carbonyl (C=O) groups is 1. The van der Waals surface area contributed by atoms with E-state index in [1.54, 1.807) is 31.3 Å². The molecule has 1 heterocycles. The van der Waals surface area contributed by atoms with Gasteiger partial charge in [0.1, 0.15) is 5.82 Å². The number of esters is 1. The number of para-hydroxylation sites is 1. The number of carbonyl (C=O) groups excluding carboxylic acids is 1. The fourth-order valence-corrected chi connectivity index (χ4v) is 3.01. The second kappa shape index (κ2) is 9.14. The SMILES string of the molecule is CCOC(=O)c1cccc(NC(=S)NCc2ccccc2-n2ccnc2C)c1. The van der Waals surface area contributed by atoms with Gasteiger partial charge in [-0.25, -0.2) is 9.78 Å². The molecule has 1 aromatic heterocycles. The minimum absolute atomic E-state index is 0.340. The third kappa shape index (κ3) is 4.75. The molecule has 0 saturated heterocycles. The van der Waals surface area contributed by atoms with E-state index < -0.39 is 0 Å². The number of imidazole rings is 1. The molecule has 3 aromatic rings. The lowest BCUT2D eigenvalue weighted by molar-refractivity contribution is 0.0526. The van der Waals surface area contributed by atoms with Crippen LogP contribution >= 0.6 is 12.2 Å². The normalized spacial score (nSPS) is 10.4. The summed E-state index contributed by atoms with van der Waals surface area (Å²) in [5.41, 5.74) is 3.35. The Labute approximate surface area is 169 Å². The van der Waals surface area contributed by atoms with Crippen molar-refractivity contribution in [2.75, 3.05) is 11.9 Å². The maximum atomic E-state index is 11.9. The average Bonchev–Trinajstić information content (AvgIpc) is 3.13. The zero-order valence-electron chi connectivity index (χ0n) is 15.8. The summed E-state index contributed by atoms with van der Waals surface area (Å²) in [6.07, 6.45) is 3.72. The Bertz CT molecular complexity index is 984. The number of rotatable bonds is 6. The largest absolute Gasteiger partial charge is 0.462 e. The summed E-state index contributed by atoms with van der Waals surface area (Å²) in [5.74, 6) is 0.568. The number of nitrogens with zero attached hydrogens (tertiary/aromatic N) is 2. The first-order chi connectivity index (χ1) is 13.6. The van der Waals surface area contributed by atoms with Crippen molar-refractivity contribution >= 4 is 29.0 Å². The number of aromatic nitrogens is 2. The maximum Gasteiger partial charge on any atom is 0.338 e. The van der Waals surface area contributed by atoms with Gasteiger partial charge in [-0.3, -0.25) is 0 Å². The monoisotopic (exact) mass is 394 g/mol. The van der Waals surface area contributed by atoms with E-state index in [4.69, 9.17) is 17.0 Å². The number of benzene rings is 2. The number of aryl methyl sites for hydroxylation is 1. The van der Waals surface area contributed by atoms with E-state index >= 15 is 0 Å². The lowest BCUT2D eigenvalue weighted by Gasteiger charge is -2.15. The summed E-state index contributed by atoms with van der Waals surface area (Å²) in [5, 5.41) is 6.79. The predicted octanol–water partition coefficient (Wildman–Crippen LogP) is 3.84. The molecule has 2 N–H and O–H groups in total. The molecule has 0 saturated carbocycles. The van der Waals surface area contributed by atoms with Crippen LogP contribution in [0.3, 0.4) is 0 Å². The zero-order valence-corrected chi connectivity index (χ0v) is 16.6. The van der Waals surface area contributed by atoms with Gasteiger partial charge in [-0.1, -0.05) is 24.3 Å². The van der Waals surface area contributed by atoms with Crippen molar-refractivity contribution in [2.45, 2.75) is 20.4 Å². The van der Waals surface area contributed by atoms with Gasteiger partial charge in [0.05, 0.1) is 17.9 Å².